The number of carbonyl (C=O) groups is 3. The summed E-state index contributed by atoms with van der Waals surface area (Å²) in [6, 6.07) is 13.3. The average Bonchev–Trinajstić information content (AvgIpc) is 2.98. The number of hydrogen-bond donors (Lipinski definition) is 1. The Kier molecular flexibility index (Phi) is 6.94. The van der Waals surface area contributed by atoms with E-state index in [1.54, 1.807) is 48.5 Å². The van der Waals surface area contributed by atoms with Gasteiger partial charge in [0.05, 0.1) is 44.1 Å². The number of amides is 3. The summed E-state index contributed by atoms with van der Waals surface area (Å²) in [5.41, 5.74) is 6.47. The first-order chi connectivity index (χ1) is 14.1. The minimum absolute atomic E-state index is 0.205. The Hall–Kier alpha value is -3.23. The van der Waals surface area contributed by atoms with Gasteiger partial charge in [0.25, 0.3) is 11.8 Å². The molecule has 0 aliphatic carbocycles. The fourth-order valence-electron chi connectivity index (χ4n) is 2.85. The second kappa shape index (κ2) is 9.81. The maximum absolute atomic E-state index is 12.2. The van der Waals surface area contributed by atoms with E-state index in [0.717, 1.165) is 0 Å². The smallest absolute Gasteiger partial charge is 0.261 e. The summed E-state index contributed by atoms with van der Waals surface area (Å²) < 4.78 is 16.3. The molecule has 0 aromatic heterocycles. The molecule has 1 aliphatic rings. The summed E-state index contributed by atoms with van der Waals surface area (Å²) in [4.78, 5) is 36.6. The van der Waals surface area contributed by atoms with Crippen molar-refractivity contribution in [3.63, 3.8) is 0 Å². The number of rotatable bonds is 11. The highest BCUT2D eigenvalue weighted by molar-refractivity contribution is 6.21. The molecule has 0 saturated heterocycles. The van der Waals surface area contributed by atoms with Crippen molar-refractivity contribution in [1.82, 2.24) is 4.90 Å². The zero-order chi connectivity index (χ0) is 20.6. The molecule has 0 bridgehead atoms. The molecular formula is C21H22N2O6. The van der Waals surface area contributed by atoms with Crippen molar-refractivity contribution in [2.24, 2.45) is 5.73 Å². The molecule has 152 valence electrons. The first kappa shape index (κ1) is 20.5. The van der Waals surface area contributed by atoms with Crippen molar-refractivity contribution in [3.8, 4) is 5.75 Å². The van der Waals surface area contributed by atoms with Crippen molar-refractivity contribution in [3.05, 3.63) is 65.2 Å². The first-order valence-corrected chi connectivity index (χ1v) is 9.21. The van der Waals surface area contributed by atoms with E-state index in [-0.39, 0.29) is 25.0 Å². The van der Waals surface area contributed by atoms with Gasteiger partial charge in [0, 0.05) is 5.56 Å². The standard InChI is InChI=1S/C21H22N2O6/c22-19(24)15-5-7-16(8-6-15)29-14-13-28-12-11-27-10-9-23-20(25)17-3-1-2-4-18(17)21(23)26/h1-8H,9-14H2,(H2,22,24). The van der Waals surface area contributed by atoms with Gasteiger partial charge in [0.1, 0.15) is 12.4 Å². The van der Waals surface area contributed by atoms with Gasteiger partial charge in [-0.25, -0.2) is 0 Å². The van der Waals surface area contributed by atoms with Gasteiger partial charge in [-0.2, -0.15) is 0 Å². The van der Waals surface area contributed by atoms with E-state index >= 15 is 0 Å². The highest BCUT2D eigenvalue weighted by atomic mass is 16.5. The second-order valence-electron chi connectivity index (χ2n) is 6.27. The number of hydrogen-bond acceptors (Lipinski definition) is 6. The molecule has 1 heterocycles. The van der Waals surface area contributed by atoms with Gasteiger partial charge < -0.3 is 19.9 Å². The molecule has 8 heteroatoms. The summed E-state index contributed by atoms with van der Waals surface area (Å²) in [5, 5.41) is 0. The molecule has 3 amide bonds. The molecule has 2 aromatic rings. The van der Waals surface area contributed by atoms with Gasteiger partial charge in [-0.3, -0.25) is 19.3 Å². The Balaban J connectivity index is 1.24. The highest BCUT2D eigenvalue weighted by Crippen LogP contribution is 2.21. The van der Waals surface area contributed by atoms with Crippen LogP contribution in [0.4, 0.5) is 0 Å². The molecular weight excluding hydrogens is 376 g/mol. The minimum Gasteiger partial charge on any atom is -0.491 e. The quantitative estimate of drug-likeness (QED) is 0.454. The van der Waals surface area contributed by atoms with Crippen molar-refractivity contribution < 1.29 is 28.6 Å². The van der Waals surface area contributed by atoms with Crippen LogP contribution in [0.5, 0.6) is 5.75 Å². The Labute approximate surface area is 168 Å². The Morgan fingerprint density at radius 2 is 1.34 bits per heavy atom. The summed E-state index contributed by atoms with van der Waals surface area (Å²) in [6.07, 6.45) is 0. The largest absolute Gasteiger partial charge is 0.491 e. The van der Waals surface area contributed by atoms with E-state index in [2.05, 4.69) is 0 Å². The molecule has 2 N–H and O–H groups in total. The molecule has 3 rings (SSSR count). The maximum atomic E-state index is 12.2. The fraction of sp³-hybridized carbons (Fsp3) is 0.286. The van der Waals surface area contributed by atoms with Gasteiger partial charge in [0.2, 0.25) is 5.91 Å². The Morgan fingerprint density at radius 1 is 0.793 bits per heavy atom. The van der Waals surface area contributed by atoms with Crippen LogP contribution in [0.3, 0.4) is 0 Å². The van der Waals surface area contributed by atoms with Crippen molar-refractivity contribution in [1.29, 1.82) is 0 Å². The molecule has 0 fully saturated rings. The van der Waals surface area contributed by atoms with Gasteiger partial charge in [-0.1, -0.05) is 12.1 Å². The molecule has 0 saturated carbocycles. The van der Waals surface area contributed by atoms with Crippen LogP contribution in [0.2, 0.25) is 0 Å². The second-order valence-corrected chi connectivity index (χ2v) is 6.27. The van der Waals surface area contributed by atoms with E-state index in [0.29, 0.717) is 48.9 Å². The Bertz CT molecular complexity index is 846. The van der Waals surface area contributed by atoms with Crippen LogP contribution in [-0.4, -0.2) is 62.2 Å². The zero-order valence-electron chi connectivity index (χ0n) is 15.8. The lowest BCUT2D eigenvalue weighted by molar-refractivity contribution is 0.0282. The zero-order valence-corrected chi connectivity index (χ0v) is 15.8. The van der Waals surface area contributed by atoms with Crippen LogP contribution < -0.4 is 10.5 Å². The summed E-state index contributed by atoms with van der Waals surface area (Å²) in [5.74, 6) is -0.434. The molecule has 29 heavy (non-hydrogen) atoms. The normalized spacial score (nSPS) is 12.9. The van der Waals surface area contributed by atoms with Crippen molar-refractivity contribution >= 4 is 17.7 Å². The minimum atomic E-state index is -0.483. The number of primary amides is 1. The van der Waals surface area contributed by atoms with Crippen LogP contribution >= 0.6 is 0 Å². The van der Waals surface area contributed by atoms with Crippen LogP contribution in [0.15, 0.2) is 48.5 Å². The average molecular weight is 398 g/mol. The highest BCUT2D eigenvalue weighted by Gasteiger charge is 2.34. The SMILES string of the molecule is NC(=O)c1ccc(OCCOCCOCCN2C(=O)c3ccccc3C2=O)cc1. The van der Waals surface area contributed by atoms with Crippen LogP contribution in [0.1, 0.15) is 31.1 Å². The monoisotopic (exact) mass is 398 g/mol. The van der Waals surface area contributed by atoms with E-state index in [4.69, 9.17) is 19.9 Å². The van der Waals surface area contributed by atoms with Gasteiger partial charge in [-0.05, 0) is 36.4 Å². The van der Waals surface area contributed by atoms with Crippen LogP contribution in [-0.2, 0) is 9.47 Å². The van der Waals surface area contributed by atoms with Crippen molar-refractivity contribution in [2.45, 2.75) is 0 Å². The lowest BCUT2D eigenvalue weighted by Crippen LogP contribution is -2.33. The van der Waals surface area contributed by atoms with Crippen LogP contribution in [0, 0.1) is 0 Å². The van der Waals surface area contributed by atoms with E-state index in [1.165, 1.54) is 4.90 Å². The molecule has 1 aliphatic heterocycles. The molecule has 2 aromatic carbocycles. The number of benzene rings is 2. The molecule has 8 nitrogen and oxygen atoms in total. The van der Waals surface area contributed by atoms with Gasteiger partial charge in [0.15, 0.2) is 0 Å². The lowest BCUT2D eigenvalue weighted by atomic mass is 10.1. The third-order valence-corrected chi connectivity index (χ3v) is 4.34. The van der Waals surface area contributed by atoms with E-state index in [9.17, 15) is 14.4 Å². The molecule has 0 spiro atoms. The third-order valence-electron chi connectivity index (χ3n) is 4.34. The molecule has 0 atom stereocenters. The maximum Gasteiger partial charge on any atom is 0.261 e. The van der Waals surface area contributed by atoms with E-state index in [1.807, 2.05) is 0 Å². The molecule has 0 unspecified atom stereocenters. The molecule has 0 radical (unpaired) electrons. The summed E-state index contributed by atoms with van der Waals surface area (Å²) in [7, 11) is 0. The Morgan fingerprint density at radius 3 is 1.93 bits per heavy atom. The number of nitrogens with two attached hydrogens (primary N) is 1. The van der Waals surface area contributed by atoms with Crippen molar-refractivity contribution in [2.75, 3.05) is 39.6 Å². The predicted octanol–water partition coefficient (Wildman–Crippen LogP) is 1.49. The number of nitrogens with zero attached hydrogens (tertiary/aromatic N) is 1. The number of carbonyl (C=O) groups excluding carboxylic acids is 3. The number of imide groups is 1. The fourth-order valence-corrected chi connectivity index (χ4v) is 2.85. The number of fused-ring (bicyclic) bond motifs is 1. The predicted molar refractivity (Wildman–Crippen MR) is 104 cm³/mol. The first-order valence-electron chi connectivity index (χ1n) is 9.21. The number of ether oxygens (including phenoxy) is 3. The van der Waals surface area contributed by atoms with Gasteiger partial charge >= 0.3 is 0 Å². The lowest BCUT2D eigenvalue weighted by Gasteiger charge is -2.14. The summed E-state index contributed by atoms with van der Waals surface area (Å²) >= 11 is 0. The third kappa shape index (κ3) is 5.18. The van der Waals surface area contributed by atoms with Crippen LogP contribution in [0.25, 0.3) is 0 Å². The summed E-state index contributed by atoms with van der Waals surface area (Å²) in [6.45, 7) is 1.89. The van der Waals surface area contributed by atoms with E-state index < -0.39 is 5.91 Å². The van der Waals surface area contributed by atoms with Gasteiger partial charge in [-0.15, -0.1) is 0 Å². The topological polar surface area (TPSA) is 108 Å².